The van der Waals surface area contributed by atoms with Gasteiger partial charge in [-0.05, 0) is 55.5 Å². The molecule has 0 aromatic heterocycles. The average Bonchev–Trinajstić information content (AvgIpc) is 2.63. The van der Waals surface area contributed by atoms with Gasteiger partial charge >= 0.3 is 0 Å². The summed E-state index contributed by atoms with van der Waals surface area (Å²) in [6, 6.07) is 16.3. The number of nitrogens with two attached hydrogens (primary N) is 1. The second kappa shape index (κ2) is 7.46. The fourth-order valence-corrected chi connectivity index (χ4v) is 5.12. The molecule has 0 aliphatic heterocycles. The summed E-state index contributed by atoms with van der Waals surface area (Å²) in [6.45, 7) is 0.533. The molecule has 2 aromatic carbocycles. The summed E-state index contributed by atoms with van der Waals surface area (Å²) < 4.78 is 27.8. The van der Waals surface area contributed by atoms with Crippen molar-refractivity contribution in [1.29, 1.82) is 0 Å². The van der Waals surface area contributed by atoms with Gasteiger partial charge in [-0.3, -0.25) is 0 Å². The fraction of sp³-hybridized carbons (Fsp3) is 0.368. The molecule has 1 saturated carbocycles. The van der Waals surface area contributed by atoms with Gasteiger partial charge in [-0.1, -0.05) is 41.9 Å². The largest absolute Gasteiger partial charge is 0.330 e. The summed E-state index contributed by atoms with van der Waals surface area (Å²) in [5, 5.41) is 0.706. The SMILES string of the molecule is NC[C@]1(c2cccc(Cl)c2)CC[C@@H](NS(=O)(=O)c2ccccc2)CC1. The van der Waals surface area contributed by atoms with Gasteiger partial charge in [0.1, 0.15) is 0 Å². The van der Waals surface area contributed by atoms with Crippen molar-refractivity contribution in [2.24, 2.45) is 5.73 Å². The highest BCUT2D eigenvalue weighted by Crippen LogP contribution is 2.39. The molecule has 0 saturated heterocycles. The van der Waals surface area contributed by atoms with E-state index in [1.807, 2.05) is 18.2 Å². The molecular weight excluding hydrogens is 356 g/mol. The number of benzene rings is 2. The Labute approximate surface area is 154 Å². The number of hydrogen-bond donors (Lipinski definition) is 2. The Bertz CT molecular complexity index is 816. The van der Waals surface area contributed by atoms with Crippen LogP contribution >= 0.6 is 11.6 Å². The van der Waals surface area contributed by atoms with Gasteiger partial charge in [0.15, 0.2) is 0 Å². The quantitative estimate of drug-likeness (QED) is 0.836. The lowest BCUT2D eigenvalue weighted by atomic mass is 9.68. The summed E-state index contributed by atoms with van der Waals surface area (Å²) in [4.78, 5) is 0.306. The van der Waals surface area contributed by atoms with Crippen molar-refractivity contribution in [3.8, 4) is 0 Å². The third kappa shape index (κ3) is 4.06. The first-order valence-electron chi connectivity index (χ1n) is 8.49. The molecule has 0 bridgehead atoms. The lowest BCUT2D eigenvalue weighted by molar-refractivity contribution is 0.267. The summed E-state index contributed by atoms with van der Waals surface area (Å²) >= 11 is 6.13. The number of rotatable bonds is 5. The van der Waals surface area contributed by atoms with E-state index in [0.29, 0.717) is 16.5 Å². The smallest absolute Gasteiger partial charge is 0.240 e. The van der Waals surface area contributed by atoms with Gasteiger partial charge < -0.3 is 5.73 Å². The molecule has 1 aliphatic rings. The van der Waals surface area contributed by atoms with E-state index in [0.717, 1.165) is 31.2 Å². The molecule has 3 N–H and O–H groups in total. The molecule has 4 nitrogen and oxygen atoms in total. The Hall–Kier alpha value is -1.40. The van der Waals surface area contributed by atoms with Crippen LogP contribution in [-0.4, -0.2) is 21.0 Å². The van der Waals surface area contributed by atoms with Crippen molar-refractivity contribution in [3.63, 3.8) is 0 Å². The van der Waals surface area contributed by atoms with E-state index in [4.69, 9.17) is 17.3 Å². The summed E-state index contributed by atoms with van der Waals surface area (Å²) in [7, 11) is -3.48. The van der Waals surface area contributed by atoms with E-state index in [1.54, 1.807) is 30.3 Å². The maximum atomic E-state index is 12.5. The minimum Gasteiger partial charge on any atom is -0.330 e. The molecule has 25 heavy (non-hydrogen) atoms. The molecule has 0 atom stereocenters. The third-order valence-corrected chi connectivity index (χ3v) is 6.92. The fourth-order valence-electron chi connectivity index (χ4n) is 3.60. The van der Waals surface area contributed by atoms with Gasteiger partial charge in [-0.25, -0.2) is 13.1 Å². The number of halogens is 1. The second-order valence-electron chi connectivity index (χ2n) is 6.70. The van der Waals surface area contributed by atoms with Crippen molar-refractivity contribution in [2.75, 3.05) is 6.54 Å². The Morgan fingerprint density at radius 2 is 1.76 bits per heavy atom. The Morgan fingerprint density at radius 3 is 2.36 bits per heavy atom. The standard InChI is InChI=1S/C19H23ClN2O2S/c20-16-6-4-5-15(13-16)19(14-21)11-9-17(10-12-19)22-25(23,24)18-7-2-1-3-8-18/h1-8,13,17,22H,9-12,14,21H2/t17-,19+. The predicted molar refractivity (Wildman–Crippen MR) is 101 cm³/mol. The van der Waals surface area contributed by atoms with Crippen LogP contribution in [0.1, 0.15) is 31.2 Å². The second-order valence-corrected chi connectivity index (χ2v) is 8.85. The van der Waals surface area contributed by atoms with E-state index in [9.17, 15) is 8.42 Å². The Balaban J connectivity index is 1.71. The van der Waals surface area contributed by atoms with Crippen molar-refractivity contribution in [1.82, 2.24) is 4.72 Å². The van der Waals surface area contributed by atoms with Crippen LogP contribution in [0, 0.1) is 0 Å². The van der Waals surface area contributed by atoms with E-state index in [2.05, 4.69) is 10.8 Å². The monoisotopic (exact) mass is 378 g/mol. The maximum absolute atomic E-state index is 12.5. The zero-order valence-electron chi connectivity index (χ0n) is 14.0. The molecule has 0 radical (unpaired) electrons. The first-order chi connectivity index (χ1) is 12.0. The topological polar surface area (TPSA) is 72.2 Å². The van der Waals surface area contributed by atoms with Crippen LogP contribution in [0.4, 0.5) is 0 Å². The molecule has 6 heteroatoms. The van der Waals surface area contributed by atoms with Crippen molar-refractivity contribution in [3.05, 3.63) is 65.2 Å². The molecule has 1 fully saturated rings. The van der Waals surface area contributed by atoms with Crippen molar-refractivity contribution >= 4 is 21.6 Å². The molecule has 3 rings (SSSR count). The van der Waals surface area contributed by atoms with E-state index >= 15 is 0 Å². The highest BCUT2D eigenvalue weighted by atomic mass is 35.5. The van der Waals surface area contributed by atoms with E-state index in [-0.39, 0.29) is 11.5 Å². The number of sulfonamides is 1. The molecule has 2 aromatic rings. The molecule has 134 valence electrons. The highest BCUT2D eigenvalue weighted by Gasteiger charge is 2.37. The van der Waals surface area contributed by atoms with Crippen molar-refractivity contribution < 1.29 is 8.42 Å². The zero-order valence-corrected chi connectivity index (χ0v) is 15.6. The first kappa shape index (κ1) is 18.4. The highest BCUT2D eigenvalue weighted by molar-refractivity contribution is 7.89. The van der Waals surface area contributed by atoms with Crippen LogP contribution < -0.4 is 10.5 Å². The van der Waals surface area contributed by atoms with Gasteiger partial charge in [-0.15, -0.1) is 0 Å². The van der Waals surface area contributed by atoms with E-state index < -0.39 is 10.0 Å². The van der Waals surface area contributed by atoms with Gasteiger partial charge in [0.05, 0.1) is 4.90 Å². The lowest BCUT2D eigenvalue weighted by Gasteiger charge is -2.40. The molecular formula is C19H23ClN2O2S. The summed E-state index contributed by atoms with van der Waals surface area (Å²) in [5.74, 6) is 0. The Morgan fingerprint density at radius 1 is 1.08 bits per heavy atom. The minimum absolute atomic E-state index is 0.0657. The van der Waals surface area contributed by atoms with Crippen molar-refractivity contribution in [2.45, 2.75) is 42.0 Å². The van der Waals surface area contributed by atoms with Crippen LogP contribution in [-0.2, 0) is 15.4 Å². The minimum atomic E-state index is -3.48. The maximum Gasteiger partial charge on any atom is 0.240 e. The number of nitrogens with one attached hydrogen (secondary N) is 1. The Kier molecular flexibility index (Phi) is 5.49. The summed E-state index contributed by atoms with van der Waals surface area (Å²) in [6.07, 6.45) is 3.20. The van der Waals surface area contributed by atoms with Crippen LogP contribution in [0.5, 0.6) is 0 Å². The molecule has 0 spiro atoms. The molecule has 0 unspecified atom stereocenters. The van der Waals surface area contributed by atoms with Crippen LogP contribution in [0.25, 0.3) is 0 Å². The zero-order chi connectivity index (χ0) is 17.9. The van der Waals surface area contributed by atoms with Gasteiger partial charge in [0, 0.05) is 23.0 Å². The molecule has 0 amide bonds. The first-order valence-corrected chi connectivity index (χ1v) is 10.3. The van der Waals surface area contributed by atoms with Crippen LogP contribution in [0.3, 0.4) is 0 Å². The molecule has 0 heterocycles. The lowest BCUT2D eigenvalue weighted by Crippen LogP contribution is -2.45. The van der Waals surface area contributed by atoms with Crippen LogP contribution in [0.15, 0.2) is 59.5 Å². The molecule has 1 aliphatic carbocycles. The average molecular weight is 379 g/mol. The predicted octanol–water partition coefficient (Wildman–Crippen LogP) is 3.46. The number of hydrogen-bond acceptors (Lipinski definition) is 3. The van der Waals surface area contributed by atoms with Gasteiger partial charge in [0.25, 0.3) is 0 Å². The van der Waals surface area contributed by atoms with Crippen LogP contribution in [0.2, 0.25) is 5.02 Å². The van der Waals surface area contributed by atoms with E-state index in [1.165, 1.54) is 0 Å². The third-order valence-electron chi connectivity index (χ3n) is 5.15. The van der Waals surface area contributed by atoms with Gasteiger partial charge in [0.2, 0.25) is 10.0 Å². The summed E-state index contributed by atoms with van der Waals surface area (Å²) in [5.41, 5.74) is 7.12. The van der Waals surface area contributed by atoms with Gasteiger partial charge in [-0.2, -0.15) is 0 Å². The normalized spacial score (nSPS) is 24.2.